The Morgan fingerprint density at radius 2 is 2.03 bits per heavy atom. The maximum absolute atomic E-state index is 13.2. The second-order valence-corrected chi connectivity index (χ2v) is 9.53. The van der Waals surface area contributed by atoms with Crippen molar-refractivity contribution in [3.63, 3.8) is 0 Å². The van der Waals surface area contributed by atoms with Gasteiger partial charge < -0.3 is 20.6 Å². The lowest BCUT2D eigenvalue weighted by Gasteiger charge is -2.21. The Bertz CT molecular complexity index is 1090. The van der Waals surface area contributed by atoms with Gasteiger partial charge in [-0.15, -0.1) is 0 Å². The lowest BCUT2D eigenvalue weighted by Crippen LogP contribution is -2.43. The number of hydrogen-bond acceptors (Lipinski definition) is 5. The predicted molar refractivity (Wildman–Crippen MR) is 129 cm³/mol. The number of rotatable bonds is 9. The molecular formula is C26H31F3N4O3. The SMILES string of the molecule is O=C(N[C@@H](CCN1CC[C@H](CCc2ccc3c(n2)NCCC3)C1)C(=O)O)c1ccccc1C(F)(F)F. The van der Waals surface area contributed by atoms with E-state index in [9.17, 15) is 27.9 Å². The number of fused-ring (bicyclic) bond motifs is 1. The summed E-state index contributed by atoms with van der Waals surface area (Å²) in [5.41, 5.74) is 0.662. The number of carbonyl (C=O) groups is 2. The summed E-state index contributed by atoms with van der Waals surface area (Å²) in [4.78, 5) is 31.1. The second kappa shape index (κ2) is 11.3. The number of carboxylic acids is 1. The summed E-state index contributed by atoms with van der Waals surface area (Å²) in [5.74, 6) is -0.851. The normalized spacial score (nSPS) is 18.8. The Morgan fingerprint density at radius 1 is 1.22 bits per heavy atom. The predicted octanol–water partition coefficient (Wildman–Crippen LogP) is 3.99. The number of aromatic nitrogens is 1. The van der Waals surface area contributed by atoms with Crippen LogP contribution in [0.1, 0.15) is 52.9 Å². The van der Waals surface area contributed by atoms with Crippen molar-refractivity contribution in [1.29, 1.82) is 0 Å². The highest BCUT2D eigenvalue weighted by atomic mass is 19.4. The highest BCUT2D eigenvalue weighted by molar-refractivity contribution is 5.98. The van der Waals surface area contributed by atoms with Gasteiger partial charge in [-0.1, -0.05) is 18.2 Å². The maximum atomic E-state index is 13.2. The Morgan fingerprint density at radius 3 is 2.81 bits per heavy atom. The fraction of sp³-hybridized carbons (Fsp3) is 0.500. The minimum Gasteiger partial charge on any atom is -0.480 e. The van der Waals surface area contributed by atoms with Gasteiger partial charge in [-0.2, -0.15) is 13.2 Å². The van der Waals surface area contributed by atoms with Gasteiger partial charge >= 0.3 is 12.1 Å². The van der Waals surface area contributed by atoms with Gasteiger partial charge in [0.15, 0.2) is 0 Å². The van der Waals surface area contributed by atoms with E-state index in [0.29, 0.717) is 12.5 Å². The molecule has 1 saturated heterocycles. The van der Waals surface area contributed by atoms with Crippen LogP contribution in [0.4, 0.5) is 19.0 Å². The highest BCUT2D eigenvalue weighted by Gasteiger charge is 2.35. The maximum Gasteiger partial charge on any atom is 0.417 e. The van der Waals surface area contributed by atoms with Gasteiger partial charge in [0.05, 0.1) is 11.1 Å². The summed E-state index contributed by atoms with van der Waals surface area (Å²) in [6, 6.07) is 7.34. The second-order valence-electron chi connectivity index (χ2n) is 9.53. The number of likely N-dealkylation sites (tertiary alicyclic amines) is 1. The van der Waals surface area contributed by atoms with E-state index in [2.05, 4.69) is 27.7 Å². The molecular weight excluding hydrogens is 473 g/mol. The van der Waals surface area contributed by atoms with Crippen molar-refractivity contribution in [1.82, 2.24) is 15.2 Å². The van der Waals surface area contributed by atoms with Crippen LogP contribution in [0.15, 0.2) is 36.4 Å². The third-order valence-corrected chi connectivity index (χ3v) is 6.95. The van der Waals surface area contributed by atoms with Crippen LogP contribution in [0.3, 0.4) is 0 Å². The number of carboxylic acid groups (broad SMARTS) is 1. The van der Waals surface area contributed by atoms with Crippen molar-refractivity contribution in [2.75, 3.05) is 31.5 Å². The molecule has 1 aromatic heterocycles. The fourth-order valence-electron chi connectivity index (χ4n) is 4.95. The standard InChI is InChI=1S/C26H31F3N4O3/c27-26(28,29)21-6-2-1-5-20(21)24(34)32-22(25(35)36)12-15-33-14-11-17(16-33)7-9-19-10-8-18-4-3-13-30-23(18)31-19/h1-2,5-6,8,10,17,22H,3-4,7,9,11-16H2,(H,30,31)(H,32,34)(H,35,36)/t17-,22-/m0/s1. The number of carbonyl (C=O) groups excluding carboxylic acids is 1. The first-order valence-electron chi connectivity index (χ1n) is 12.4. The molecule has 3 heterocycles. The van der Waals surface area contributed by atoms with Crippen LogP contribution in [-0.2, 0) is 23.8 Å². The molecule has 10 heteroatoms. The fourth-order valence-corrected chi connectivity index (χ4v) is 4.95. The Hall–Kier alpha value is -3.14. The molecule has 1 aromatic carbocycles. The molecule has 0 unspecified atom stereocenters. The molecule has 1 amide bonds. The molecule has 194 valence electrons. The molecule has 7 nitrogen and oxygen atoms in total. The monoisotopic (exact) mass is 504 g/mol. The molecule has 1 fully saturated rings. The molecule has 0 saturated carbocycles. The molecule has 3 N–H and O–H groups in total. The zero-order chi connectivity index (χ0) is 25.7. The van der Waals surface area contributed by atoms with Crippen LogP contribution in [-0.4, -0.2) is 59.1 Å². The Balaban J connectivity index is 1.26. The summed E-state index contributed by atoms with van der Waals surface area (Å²) in [7, 11) is 0. The van der Waals surface area contributed by atoms with Crippen molar-refractivity contribution in [2.24, 2.45) is 5.92 Å². The number of benzene rings is 1. The topological polar surface area (TPSA) is 94.6 Å². The molecule has 0 spiro atoms. The largest absolute Gasteiger partial charge is 0.480 e. The quantitative estimate of drug-likeness (QED) is 0.478. The number of anilines is 1. The number of halogens is 3. The first kappa shape index (κ1) is 25.9. The molecule has 0 aliphatic carbocycles. The molecule has 2 aliphatic heterocycles. The van der Waals surface area contributed by atoms with Gasteiger partial charge in [-0.05, 0) is 74.8 Å². The van der Waals surface area contributed by atoms with Gasteiger partial charge in [0.2, 0.25) is 0 Å². The van der Waals surface area contributed by atoms with E-state index in [1.807, 2.05) is 0 Å². The van der Waals surface area contributed by atoms with E-state index in [4.69, 9.17) is 4.98 Å². The minimum absolute atomic E-state index is 0.111. The van der Waals surface area contributed by atoms with Crippen molar-refractivity contribution >= 4 is 17.7 Å². The number of aryl methyl sites for hydroxylation is 2. The average Bonchev–Trinajstić information content (AvgIpc) is 3.32. The number of aliphatic carboxylic acids is 1. The van der Waals surface area contributed by atoms with Crippen LogP contribution in [0.25, 0.3) is 0 Å². The van der Waals surface area contributed by atoms with Crippen LogP contribution >= 0.6 is 0 Å². The van der Waals surface area contributed by atoms with Crippen molar-refractivity contribution in [3.05, 3.63) is 58.8 Å². The number of amides is 1. The van der Waals surface area contributed by atoms with E-state index < -0.39 is 35.2 Å². The summed E-state index contributed by atoms with van der Waals surface area (Å²) in [5, 5.41) is 15.2. The van der Waals surface area contributed by atoms with Gasteiger partial charge in [0.1, 0.15) is 11.9 Å². The molecule has 2 aliphatic rings. The van der Waals surface area contributed by atoms with E-state index in [-0.39, 0.29) is 6.42 Å². The number of nitrogens with zero attached hydrogens (tertiary/aromatic N) is 2. The van der Waals surface area contributed by atoms with Gasteiger partial charge in [0.25, 0.3) is 5.91 Å². The Kier molecular flexibility index (Phi) is 8.13. The Labute approximate surface area is 208 Å². The van der Waals surface area contributed by atoms with E-state index in [1.165, 1.54) is 17.7 Å². The number of nitrogens with one attached hydrogen (secondary N) is 2. The third-order valence-electron chi connectivity index (χ3n) is 6.95. The van der Waals surface area contributed by atoms with Crippen LogP contribution in [0, 0.1) is 5.92 Å². The molecule has 2 aromatic rings. The minimum atomic E-state index is -4.71. The van der Waals surface area contributed by atoms with Crippen LogP contribution in [0.2, 0.25) is 0 Å². The van der Waals surface area contributed by atoms with E-state index in [0.717, 1.165) is 75.4 Å². The summed E-state index contributed by atoms with van der Waals surface area (Å²) in [6.45, 7) is 3.03. The average molecular weight is 505 g/mol. The van der Waals surface area contributed by atoms with Crippen molar-refractivity contribution < 1.29 is 27.9 Å². The van der Waals surface area contributed by atoms with E-state index in [1.54, 1.807) is 0 Å². The first-order valence-corrected chi connectivity index (χ1v) is 12.4. The molecule has 4 rings (SSSR count). The zero-order valence-electron chi connectivity index (χ0n) is 20.0. The lowest BCUT2D eigenvalue weighted by molar-refractivity contribution is -0.139. The van der Waals surface area contributed by atoms with Crippen molar-refractivity contribution in [3.8, 4) is 0 Å². The molecule has 0 radical (unpaired) electrons. The highest BCUT2D eigenvalue weighted by Crippen LogP contribution is 2.32. The summed E-state index contributed by atoms with van der Waals surface area (Å²) < 4.78 is 39.7. The molecule has 36 heavy (non-hydrogen) atoms. The third kappa shape index (κ3) is 6.54. The van der Waals surface area contributed by atoms with Crippen LogP contribution < -0.4 is 10.6 Å². The zero-order valence-corrected chi connectivity index (χ0v) is 20.0. The lowest BCUT2D eigenvalue weighted by atomic mass is 10.00. The summed E-state index contributed by atoms with van der Waals surface area (Å²) >= 11 is 0. The smallest absolute Gasteiger partial charge is 0.417 e. The van der Waals surface area contributed by atoms with Gasteiger partial charge in [-0.3, -0.25) is 4.79 Å². The van der Waals surface area contributed by atoms with Crippen LogP contribution in [0.5, 0.6) is 0 Å². The molecule has 2 atom stereocenters. The number of hydrogen-bond donors (Lipinski definition) is 3. The van der Waals surface area contributed by atoms with E-state index >= 15 is 0 Å². The van der Waals surface area contributed by atoms with Gasteiger partial charge in [-0.25, -0.2) is 9.78 Å². The first-order chi connectivity index (χ1) is 17.2. The number of alkyl halides is 3. The molecule has 0 bridgehead atoms. The number of pyridine rings is 1. The summed E-state index contributed by atoms with van der Waals surface area (Å²) in [6.07, 6.45) is 0.434. The van der Waals surface area contributed by atoms with Gasteiger partial charge in [0, 0.05) is 25.3 Å². The van der Waals surface area contributed by atoms with Crippen molar-refractivity contribution in [2.45, 2.75) is 50.7 Å².